The molecule has 466 valence electrons. The van der Waals surface area contributed by atoms with Gasteiger partial charge in [0.1, 0.15) is 5.75 Å². The summed E-state index contributed by atoms with van der Waals surface area (Å²) in [6.07, 6.45) is 12.1. The molecule has 0 aliphatic heterocycles. The number of halogens is 1. The summed E-state index contributed by atoms with van der Waals surface area (Å²) in [6.45, 7) is 54.2. The third-order valence-corrected chi connectivity index (χ3v) is 11.4. The van der Waals surface area contributed by atoms with Crippen LogP contribution in [0.25, 0.3) is 0 Å². The van der Waals surface area contributed by atoms with E-state index in [9.17, 15) is 0 Å². The zero-order chi connectivity index (χ0) is 63.2. The summed E-state index contributed by atoms with van der Waals surface area (Å²) in [5, 5.41) is 8.32. The van der Waals surface area contributed by atoms with Gasteiger partial charge in [-0.15, -0.1) is 6.58 Å². The van der Waals surface area contributed by atoms with Gasteiger partial charge in [-0.1, -0.05) is 262 Å². The third kappa shape index (κ3) is 65.4. The number of thiol groups is 1. The van der Waals surface area contributed by atoms with E-state index in [4.69, 9.17) is 24.1 Å². The van der Waals surface area contributed by atoms with Crippen LogP contribution in [0.2, 0.25) is 0 Å². The number of hydrogen-bond donors (Lipinski definition) is 2. The normalized spacial score (nSPS) is 10.1. The predicted octanol–water partition coefficient (Wildman–Crippen LogP) is 23.9. The summed E-state index contributed by atoms with van der Waals surface area (Å²) in [4.78, 5) is 0. The number of benzene rings is 4. The van der Waals surface area contributed by atoms with Crippen molar-refractivity contribution < 1.29 is 24.1 Å². The maximum atomic E-state index is 8.32. The Balaban J connectivity index is -0.000000195. The smallest absolute Gasteiger partial charge is 0.203 e. The topological polar surface area (TPSA) is 57.2 Å². The molecular formula is C73H131BrO5S. The molecule has 0 bridgehead atoms. The van der Waals surface area contributed by atoms with Gasteiger partial charge in [0, 0.05) is 11.1 Å². The number of rotatable bonds is 19. The largest absolute Gasteiger partial charge is 0.497 e. The molecule has 0 unspecified atom stereocenters. The van der Waals surface area contributed by atoms with Gasteiger partial charge in [0.2, 0.25) is 5.75 Å². The van der Waals surface area contributed by atoms with E-state index >= 15 is 0 Å². The van der Waals surface area contributed by atoms with Crippen LogP contribution in [-0.4, -0.2) is 45.9 Å². The average molecular weight is 1200 g/mol. The van der Waals surface area contributed by atoms with Crippen LogP contribution >= 0.6 is 28.6 Å². The Hall–Kier alpha value is -3.39. The predicted molar refractivity (Wildman–Crippen MR) is 370 cm³/mol. The van der Waals surface area contributed by atoms with Gasteiger partial charge in [-0.25, -0.2) is 0 Å². The molecule has 0 fully saturated rings. The summed E-state index contributed by atoms with van der Waals surface area (Å²) < 4.78 is 22.0. The van der Waals surface area contributed by atoms with E-state index in [-0.39, 0.29) is 0 Å². The van der Waals surface area contributed by atoms with Crippen molar-refractivity contribution in [3.05, 3.63) is 130 Å². The van der Waals surface area contributed by atoms with Crippen molar-refractivity contribution in [1.82, 2.24) is 0 Å². The molecule has 1 N–H and O–H groups in total. The molecule has 0 saturated heterocycles. The minimum atomic E-state index is 0.345. The Morgan fingerprint density at radius 3 is 1.11 bits per heavy atom. The Morgan fingerprint density at radius 1 is 0.487 bits per heavy atom. The second-order valence-electron chi connectivity index (χ2n) is 24.3. The molecule has 4 aromatic carbocycles. The summed E-state index contributed by atoms with van der Waals surface area (Å²) in [7, 11) is 6.54. The minimum absolute atomic E-state index is 0.345. The highest BCUT2D eigenvalue weighted by atomic mass is 79.9. The third-order valence-electron chi connectivity index (χ3n) is 10.7. The SMILES string of the molecule is C=CC(C)C.CC(C)C.CC(C)C.CC(C)CCCO.CC(C)CCS.CC(C)Cc1ccccc1.CC(C)c1ccc(Br)cc1.CCCCCC(C)C.COc1cc(C(C)C)cc(OC)c1OC.COc1ccc(C(C)C)cc1. The van der Waals surface area contributed by atoms with Gasteiger partial charge < -0.3 is 24.1 Å². The lowest BCUT2D eigenvalue weighted by molar-refractivity contribution is 0.276. The Labute approximate surface area is 513 Å². The van der Waals surface area contributed by atoms with Crippen LogP contribution in [0.3, 0.4) is 0 Å². The first-order valence-electron chi connectivity index (χ1n) is 30.5. The maximum Gasteiger partial charge on any atom is 0.203 e. The molecule has 4 rings (SSSR count). The van der Waals surface area contributed by atoms with E-state index in [0.29, 0.717) is 47.5 Å². The van der Waals surface area contributed by atoms with Crippen molar-refractivity contribution in [2.45, 2.75) is 228 Å². The molecule has 7 heteroatoms. The lowest BCUT2D eigenvalue weighted by atomic mass is 10.0. The van der Waals surface area contributed by atoms with E-state index in [1.165, 1.54) is 60.8 Å². The van der Waals surface area contributed by atoms with E-state index in [2.05, 4.69) is 261 Å². The van der Waals surface area contributed by atoms with Crippen molar-refractivity contribution in [2.75, 3.05) is 40.8 Å². The molecule has 80 heavy (non-hydrogen) atoms. The fourth-order valence-electron chi connectivity index (χ4n) is 5.92. The van der Waals surface area contributed by atoms with Crippen LogP contribution in [0.1, 0.15) is 244 Å². The van der Waals surface area contributed by atoms with E-state index in [0.717, 1.165) is 64.3 Å². The fourth-order valence-corrected chi connectivity index (χ4v) is 6.70. The number of allylic oxidation sites excluding steroid dienone is 1. The first kappa shape index (κ1) is 87.8. The molecular weight excluding hydrogens is 1070 g/mol. The quantitative estimate of drug-likeness (QED) is 0.0557. The van der Waals surface area contributed by atoms with Crippen LogP contribution in [-0.2, 0) is 6.42 Å². The van der Waals surface area contributed by atoms with Crippen molar-refractivity contribution in [3.63, 3.8) is 0 Å². The van der Waals surface area contributed by atoms with Gasteiger partial charge in [-0.05, 0) is 149 Å². The molecule has 5 nitrogen and oxygen atoms in total. The molecule has 0 aromatic heterocycles. The monoisotopic (exact) mass is 1200 g/mol. The molecule has 4 aromatic rings. The number of aliphatic hydroxyl groups is 1. The number of methoxy groups -OCH3 is 4. The molecule has 0 heterocycles. The Bertz CT molecular complexity index is 1810. The minimum Gasteiger partial charge on any atom is -0.497 e. The first-order chi connectivity index (χ1) is 37.4. The van der Waals surface area contributed by atoms with Gasteiger partial charge in [-0.3, -0.25) is 0 Å². The molecule has 0 amide bonds. The first-order valence-corrected chi connectivity index (χ1v) is 31.9. The van der Waals surface area contributed by atoms with Crippen LogP contribution < -0.4 is 18.9 Å². The highest BCUT2D eigenvalue weighted by Crippen LogP contribution is 2.39. The lowest BCUT2D eigenvalue weighted by Crippen LogP contribution is -1.97. The maximum absolute atomic E-state index is 8.32. The second kappa shape index (κ2) is 60.2. The van der Waals surface area contributed by atoms with Crippen LogP contribution in [0.4, 0.5) is 0 Å². The molecule has 0 aliphatic carbocycles. The zero-order valence-electron chi connectivity index (χ0n) is 57.2. The zero-order valence-corrected chi connectivity index (χ0v) is 59.7. The highest BCUT2D eigenvalue weighted by molar-refractivity contribution is 9.10. The van der Waals surface area contributed by atoms with E-state index in [1.807, 2.05) is 30.3 Å². The Kier molecular flexibility index (Phi) is 66.1. The van der Waals surface area contributed by atoms with Crippen molar-refractivity contribution in [1.29, 1.82) is 0 Å². The van der Waals surface area contributed by atoms with Crippen molar-refractivity contribution >= 4 is 28.6 Å². The van der Waals surface area contributed by atoms with Crippen LogP contribution in [0.5, 0.6) is 23.0 Å². The lowest BCUT2D eigenvalue weighted by Gasteiger charge is -2.15. The number of hydrogen-bond acceptors (Lipinski definition) is 6. The summed E-state index contributed by atoms with van der Waals surface area (Å²) in [5.74, 6) is 11.2. The molecule has 0 atom stereocenters. The van der Waals surface area contributed by atoms with E-state index in [1.54, 1.807) is 28.4 Å². The van der Waals surface area contributed by atoms with Gasteiger partial charge in [-0.2, -0.15) is 12.6 Å². The average Bonchev–Trinajstić information content (AvgIpc) is 3.38. The summed E-state index contributed by atoms with van der Waals surface area (Å²) >= 11 is 7.45. The number of aliphatic hydroxyl groups excluding tert-OH is 1. The second-order valence-corrected chi connectivity index (χ2v) is 25.7. The van der Waals surface area contributed by atoms with Crippen LogP contribution in [0.15, 0.2) is 108 Å². The summed E-state index contributed by atoms with van der Waals surface area (Å²) in [5.41, 5.74) is 5.36. The van der Waals surface area contributed by atoms with Gasteiger partial charge in [0.15, 0.2) is 11.5 Å². The van der Waals surface area contributed by atoms with E-state index < -0.39 is 0 Å². The fraction of sp³-hybridized carbons (Fsp3) is 0.644. The standard InChI is InChI=1S/C12H18O3.C10H14O.C10H14.C9H11Br.C8H18.C6H14O.C5H12S.C5H10.2C4H10/c1-8(2)9-6-10(13-3)12(15-5)11(7-9)14-4;1-8(2)9-4-6-10(11-3)7-5-9;1-9(2)8-10-6-4-3-5-7-10;1-7(2)8-3-5-9(10)6-4-8;1-4-5-6-7-8(2)3;1-6(2)4-3-5-7;1-5(2)3-4-6;1-4-5(2)3;2*1-4(2)3/h6-8H,1-5H3;4-8H,1-3H3;3-7,9H,8H2,1-2H3;3-7H,1-2H3;8H,4-7H2,1-3H3;6-7H,3-5H2,1-2H3;5-6H,3-4H2,1-2H3;4-5H,1H2,2-3H3;2*4H,1-3H3. The van der Waals surface area contributed by atoms with Crippen molar-refractivity contribution in [2.24, 2.45) is 41.4 Å². The highest BCUT2D eigenvalue weighted by Gasteiger charge is 2.14. The number of unbranched alkanes of at least 4 members (excludes halogenated alkanes) is 2. The summed E-state index contributed by atoms with van der Waals surface area (Å²) in [6, 6.07) is 31.2. The molecule has 0 spiro atoms. The van der Waals surface area contributed by atoms with Crippen LogP contribution in [0, 0.1) is 41.4 Å². The van der Waals surface area contributed by atoms with Gasteiger partial charge >= 0.3 is 0 Å². The van der Waals surface area contributed by atoms with Gasteiger partial charge in [0.25, 0.3) is 0 Å². The van der Waals surface area contributed by atoms with Gasteiger partial charge in [0.05, 0.1) is 28.4 Å². The number of ether oxygens (including phenoxy) is 4. The molecule has 0 aliphatic rings. The molecule has 0 saturated carbocycles. The Morgan fingerprint density at radius 2 is 0.863 bits per heavy atom. The molecule has 0 radical (unpaired) electrons. The van der Waals surface area contributed by atoms with Crippen molar-refractivity contribution in [3.8, 4) is 23.0 Å².